The van der Waals surface area contributed by atoms with Gasteiger partial charge in [0.05, 0.1) is 4.90 Å². The molecule has 0 spiro atoms. The van der Waals surface area contributed by atoms with Crippen LogP contribution in [0.2, 0.25) is 0 Å². The van der Waals surface area contributed by atoms with Gasteiger partial charge in [0.1, 0.15) is 5.82 Å². The van der Waals surface area contributed by atoms with Crippen molar-refractivity contribution < 1.29 is 8.42 Å². The largest absolute Gasteiger partial charge is 0.354 e. The molecule has 156 valence electrons. The summed E-state index contributed by atoms with van der Waals surface area (Å²) >= 11 is 0. The van der Waals surface area contributed by atoms with Gasteiger partial charge in [-0.1, -0.05) is 17.7 Å². The standard InChI is InChI=1S/C21H29N5O2S/c1-16-14-17(2)20(18(3)15-16)29(27,28)26-12-10-24(11-13-26)19-6-7-22-21(23-19)25-8-4-5-9-25/h6-7,14-15H,4-5,8-13H2,1-3H3. The summed E-state index contributed by atoms with van der Waals surface area (Å²) in [7, 11) is -3.50. The fourth-order valence-electron chi connectivity index (χ4n) is 4.45. The Morgan fingerprint density at radius 3 is 2.10 bits per heavy atom. The quantitative estimate of drug-likeness (QED) is 0.764. The molecule has 0 bridgehead atoms. The predicted molar refractivity (Wildman–Crippen MR) is 115 cm³/mol. The number of aromatic nitrogens is 2. The number of sulfonamides is 1. The van der Waals surface area contributed by atoms with Crippen molar-refractivity contribution in [3.05, 3.63) is 41.1 Å². The van der Waals surface area contributed by atoms with Crippen LogP contribution in [0.25, 0.3) is 0 Å². The van der Waals surface area contributed by atoms with Crippen molar-refractivity contribution in [2.75, 3.05) is 49.1 Å². The first kappa shape index (κ1) is 20.1. The molecule has 2 fully saturated rings. The summed E-state index contributed by atoms with van der Waals surface area (Å²) in [6.45, 7) is 9.92. The molecule has 0 atom stereocenters. The van der Waals surface area contributed by atoms with E-state index in [1.54, 1.807) is 10.5 Å². The van der Waals surface area contributed by atoms with E-state index in [1.165, 1.54) is 12.8 Å². The van der Waals surface area contributed by atoms with Gasteiger partial charge in [0.2, 0.25) is 16.0 Å². The summed E-state index contributed by atoms with van der Waals surface area (Å²) in [6, 6.07) is 5.80. The fourth-order valence-corrected chi connectivity index (χ4v) is 6.28. The molecule has 1 aromatic heterocycles. The highest BCUT2D eigenvalue weighted by Crippen LogP contribution is 2.27. The predicted octanol–water partition coefficient (Wildman–Crippen LogP) is 2.51. The first-order valence-corrected chi connectivity index (χ1v) is 11.7. The van der Waals surface area contributed by atoms with Gasteiger partial charge >= 0.3 is 0 Å². The van der Waals surface area contributed by atoms with Crippen molar-refractivity contribution in [3.63, 3.8) is 0 Å². The van der Waals surface area contributed by atoms with Gasteiger partial charge in [-0.15, -0.1) is 0 Å². The second kappa shape index (κ2) is 7.91. The molecule has 8 heteroatoms. The number of hydrogen-bond donors (Lipinski definition) is 0. The minimum Gasteiger partial charge on any atom is -0.354 e. The van der Waals surface area contributed by atoms with Crippen LogP contribution in [-0.4, -0.2) is 62.0 Å². The maximum absolute atomic E-state index is 13.3. The summed E-state index contributed by atoms with van der Waals surface area (Å²) < 4.78 is 28.2. The topological polar surface area (TPSA) is 69.6 Å². The number of piperazine rings is 1. The molecule has 0 saturated carbocycles. The second-order valence-corrected chi connectivity index (χ2v) is 9.90. The zero-order valence-corrected chi connectivity index (χ0v) is 18.2. The van der Waals surface area contributed by atoms with Crippen LogP contribution in [0.15, 0.2) is 29.3 Å². The van der Waals surface area contributed by atoms with E-state index in [-0.39, 0.29) is 0 Å². The van der Waals surface area contributed by atoms with Crippen molar-refractivity contribution in [2.24, 2.45) is 0 Å². The van der Waals surface area contributed by atoms with Crippen LogP contribution in [0.1, 0.15) is 29.5 Å². The Kier molecular flexibility index (Phi) is 5.48. The zero-order valence-electron chi connectivity index (χ0n) is 17.4. The molecule has 0 amide bonds. The number of nitrogens with zero attached hydrogens (tertiary/aromatic N) is 5. The molecular weight excluding hydrogens is 386 g/mol. The normalized spacial score (nSPS) is 18.4. The fraction of sp³-hybridized carbons (Fsp3) is 0.524. The molecule has 2 aliphatic heterocycles. The number of rotatable bonds is 4. The second-order valence-electron chi connectivity index (χ2n) is 8.03. The van der Waals surface area contributed by atoms with Crippen molar-refractivity contribution in [1.82, 2.24) is 14.3 Å². The molecule has 29 heavy (non-hydrogen) atoms. The molecule has 0 unspecified atom stereocenters. The highest BCUT2D eigenvalue weighted by Gasteiger charge is 2.31. The van der Waals surface area contributed by atoms with Gasteiger partial charge in [-0.3, -0.25) is 0 Å². The van der Waals surface area contributed by atoms with Gasteiger partial charge in [-0.25, -0.2) is 13.4 Å². The van der Waals surface area contributed by atoms with E-state index in [2.05, 4.69) is 14.8 Å². The minimum absolute atomic E-state index is 0.454. The van der Waals surface area contributed by atoms with Crippen molar-refractivity contribution in [1.29, 1.82) is 0 Å². The van der Waals surface area contributed by atoms with Crippen LogP contribution in [0.5, 0.6) is 0 Å². The van der Waals surface area contributed by atoms with Gasteiger partial charge in [0.25, 0.3) is 0 Å². The molecule has 2 saturated heterocycles. The molecule has 0 aliphatic carbocycles. The lowest BCUT2D eigenvalue weighted by Crippen LogP contribution is -2.49. The molecule has 4 rings (SSSR count). The number of aryl methyl sites for hydroxylation is 3. The van der Waals surface area contributed by atoms with Crippen molar-refractivity contribution in [2.45, 2.75) is 38.5 Å². The number of hydrogen-bond acceptors (Lipinski definition) is 6. The summed E-state index contributed by atoms with van der Waals surface area (Å²) in [4.78, 5) is 14.0. The van der Waals surface area contributed by atoms with E-state index in [0.717, 1.165) is 41.5 Å². The SMILES string of the molecule is Cc1cc(C)c(S(=O)(=O)N2CCN(c3ccnc(N4CCCC4)n3)CC2)c(C)c1. The molecule has 2 aromatic rings. The van der Waals surface area contributed by atoms with Crippen LogP contribution in [-0.2, 0) is 10.0 Å². The molecular formula is C21H29N5O2S. The highest BCUT2D eigenvalue weighted by atomic mass is 32.2. The Balaban J connectivity index is 1.49. The van der Waals surface area contributed by atoms with Crippen LogP contribution in [0.3, 0.4) is 0 Å². The Morgan fingerprint density at radius 2 is 1.48 bits per heavy atom. The highest BCUT2D eigenvalue weighted by molar-refractivity contribution is 7.89. The molecule has 1 aromatic carbocycles. The molecule has 2 aliphatic rings. The van der Waals surface area contributed by atoms with Gasteiger partial charge in [0.15, 0.2) is 0 Å². The Bertz CT molecular complexity index is 971. The first-order valence-electron chi connectivity index (χ1n) is 10.3. The van der Waals surface area contributed by atoms with Crippen LogP contribution < -0.4 is 9.80 Å². The monoisotopic (exact) mass is 415 g/mol. The summed E-state index contributed by atoms with van der Waals surface area (Å²) in [5, 5.41) is 0. The van der Waals surface area contributed by atoms with E-state index >= 15 is 0 Å². The summed E-state index contributed by atoms with van der Waals surface area (Å²) in [6.07, 6.45) is 4.17. The van der Waals surface area contributed by atoms with Crippen LogP contribution >= 0.6 is 0 Å². The smallest absolute Gasteiger partial charge is 0.243 e. The molecule has 0 radical (unpaired) electrons. The van der Waals surface area contributed by atoms with E-state index < -0.39 is 10.0 Å². The lowest BCUT2D eigenvalue weighted by atomic mass is 10.1. The average molecular weight is 416 g/mol. The van der Waals surface area contributed by atoms with Gasteiger partial charge in [-0.05, 0) is 50.8 Å². The Morgan fingerprint density at radius 1 is 0.862 bits per heavy atom. The van der Waals surface area contributed by atoms with Gasteiger partial charge in [0, 0.05) is 45.5 Å². The third kappa shape index (κ3) is 3.96. The number of anilines is 2. The third-order valence-electron chi connectivity index (χ3n) is 5.78. The van der Waals surface area contributed by atoms with Crippen LogP contribution in [0.4, 0.5) is 11.8 Å². The van der Waals surface area contributed by atoms with Crippen LogP contribution in [0, 0.1) is 20.8 Å². The first-order chi connectivity index (χ1) is 13.9. The molecule has 3 heterocycles. The van der Waals surface area contributed by atoms with E-state index in [4.69, 9.17) is 4.98 Å². The van der Waals surface area contributed by atoms with E-state index in [9.17, 15) is 8.42 Å². The van der Waals surface area contributed by atoms with Crippen molar-refractivity contribution >= 4 is 21.8 Å². The maximum Gasteiger partial charge on any atom is 0.243 e. The maximum atomic E-state index is 13.3. The minimum atomic E-state index is -3.50. The number of benzene rings is 1. The van der Waals surface area contributed by atoms with E-state index in [0.29, 0.717) is 31.1 Å². The zero-order chi connectivity index (χ0) is 20.6. The lowest BCUT2D eigenvalue weighted by Gasteiger charge is -2.35. The Hall–Kier alpha value is -2.19. The van der Waals surface area contributed by atoms with Gasteiger partial charge in [-0.2, -0.15) is 9.29 Å². The molecule has 7 nitrogen and oxygen atoms in total. The lowest BCUT2D eigenvalue weighted by molar-refractivity contribution is 0.383. The van der Waals surface area contributed by atoms with E-state index in [1.807, 2.05) is 39.0 Å². The Labute approximate surface area is 173 Å². The third-order valence-corrected chi connectivity index (χ3v) is 7.99. The van der Waals surface area contributed by atoms with Crippen molar-refractivity contribution in [3.8, 4) is 0 Å². The average Bonchev–Trinajstić information content (AvgIpc) is 3.22. The molecule has 0 N–H and O–H groups in total. The summed E-state index contributed by atoms with van der Waals surface area (Å²) in [5.74, 6) is 1.66. The van der Waals surface area contributed by atoms with Gasteiger partial charge < -0.3 is 9.80 Å². The summed E-state index contributed by atoms with van der Waals surface area (Å²) in [5.41, 5.74) is 2.72.